The number of anilines is 1. The summed E-state index contributed by atoms with van der Waals surface area (Å²) in [5.41, 5.74) is 1.17. The number of aromatic nitrogens is 2. The van der Waals surface area contributed by atoms with Crippen LogP contribution in [-0.4, -0.2) is 29.7 Å². The molecule has 1 saturated carbocycles. The van der Waals surface area contributed by atoms with Crippen molar-refractivity contribution in [3.8, 4) is 18.0 Å². The minimum absolute atomic E-state index is 0.0529. The van der Waals surface area contributed by atoms with Gasteiger partial charge in [0.2, 0.25) is 5.88 Å². The topological polar surface area (TPSA) is 85.8 Å². The first-order valence-electron chi connectivity index (χ1n) is 9.02. The predicted octanol–water partition coefficient (Wildman–Crippen LogP) is 3.14. The van der Waals surface area contributed by atoms with Crippen LogP contribution in [0.3, 0.4) is 0 Å². The Labute approximate surface area is 156 Å². The lowest BCUT2D eigenvalue weighted by atomic mass is 10.1. The van der Waals surface area contributed by atoms with Crippen LogP contribution in [0.25, 0.3) is 0 Å². The smallest absolute Gasteiger partial charge is 0.235 e. The van der Waals surface area contributed by atoms with Gasteiger partial charge >= 0.3 is 0 Å². The van der Waals surface area contributed by atoms with E-state index >= 15 is 0 Å². The van der Waals surface area contributed by atoms with Crippen molar-refractivity contribution < 1.29 is 9.13 Å². The third kappa shape index (κ3) is 3.68. The molecule has 6 nitrogen and oxygen atoms in total. The zero-order valence-corrected chi connectivity index (χ0v) is 14.7. The van der Waals surface area contributed by atoms with Gasteiger partial charge in [-0.05, 0) is 37.5 Å². The standard InChI is InChI=1S/C20H18FN5O/c21-18-7-17(4-3-15(18)8-22)26-6-5-13(11-26)12-27-20-16(9-23)10-24-19(25-20)14-1-2-14/h3-4,7,10,13-14H,1-2,5-6,11-12H2/t13-/m0/s1. The van der Waals surface area contributed by atoms with Gasteiger partial charge < -0.3 is 9.64 Å². The van der Waals surface area contributed by atoms with Crippen molar-refractivity contribution >= 4 is 5.69 Å². The summed E-state index contributed by atoms with van der Waals surface area (Å²) in [6.45, 7) is 1.97. The first-order valence-corrected chi connectivity index (χ1v) is 9.02. The van der Waals surface area contributed by atoms with Crippen LogP contribution in [0, 0.1) is 34.4 Å². The minimum atomic E-state index is -0.498. The maximum absolute atomic E-state index is 13.8. The Morgan fingerprint density at radius 1 is 1.19 bits per heavy atom. The van der Waals surface area contributed by atoms with Crippen molar-refractivity contribution in [1.82, 2.24) is 9.97 Å². The monoisotopic (exact) mass is 363 g/mol. The van der Waals surface area contributed by atoms with Crippen LogP contribution in [0.5, 0.6) is 5.88 Å². The van der Waals surface area contributed by atoms with Crippen LogP contribution in [0.15, 0.2) is 24.4 Å². The molecule has 1 saturated heterocycles. The zero-order chi connectivity index (χ0) is 18.8. The van der Waals surface area contributed by atoms with Gasteiger partial charge in [-0.25, -0.2) is 9.37 Å². The maximum Gasteiger partial charge on any atom is 0.235 e. The van der Waals surface area contributed by atoms with E-state index in [0.717, 1.165) is 43.9 Å². The molecular weight excluding hydrogens is 345 g/mol. The van der Waals surface area contributed by atoms with Gasteiger partial charge in [0.1, 0.15) is 29.3 Å². The van der Waals surface area contributed by atoms with Crippen molar-refractivity contribution in [2.45, 2.75) is 25.2 Å². The molecule has 4 rings (SSSR count). The molecule has 0 radical (unpaired) electrons. The Kier molecular flexibility index (Phi) is 4.60. The van der Waals surface area contributed by atoms with Crippen LogP contribution in [0.2, 0.25) is 0 Å². The number of hydrogen-bond acceptors (Lipinski definition) is 6. The van der Waals surface area contributed by atoms with Crippen molar-refractivity contribution in [2.75, 3.05) is 24.6 Å². The van der Waals surface area contributed by atoms with Gasteiger partial charge in [0, 0.05) is 30.6 Å². The fourth-order valence-corrected chi connectivity index (χ4v) is 3.30. The second kappa shape index (κ2) is 7.20. The fraction of sp³-hybridized carbons (Fsp3) is 0.400. The Hall–Kier alpha value is -3.19. The summed E-state index contributed by atoms with van der Waals surface area (Å²) >= 11 is 0. The molecule has 2 fully saturated rings. The average molecular weight is 363 g/mol. The molecule has 0 spiro atoms. The number of nitriles is 2. The highest BCUT2D eigenvalue weighted by atomic mass is 19.1. The lowest BCUT2D eigenvalue weighted by Crippen LogP contribution is -2.22. The van der Waals surface area contributed by atoms with E-state index < -0.39 is 5.82 Å². The summed E-state index contributed by atoms with van der Waals surface area (Å²) in [7, 11) is 0. The summed E-state index contributed by atoms with van der Waals surface area (Å²) < 4.78 is 19.7. The fourth-order valence-electron chi connectivity index (χ4n) is 3.30. The van der Waals surface area contributed by atoms with E-state index in [9.17, 15) is 9.65 Å². The molecule has 2 aromatic rings. The lowest BCUT2D eigenvalue weighted by Gasteiger charge is -2.19. The largest absolute Gasteiger partial charge is 0.476 e. The summed E-state index contributed by atoms with van der Waals surface area (Å²) in [6, 6.07) is 8.60. The Morgan fingerprint density at radius 2 is 2.00 bits per heavy atom. The second-order valence-electron chi connectivity index (χ2n) is 7.02. The van der Waals surface area contributed by atoms with Crippen molar-refractivity contribution in [3.63, 3.8) is 0 Å². The molecule has 2 heterocycles. The van der Waals surface area contributed by atoms with Gasteiger partial charge in [-0.1, -0.05) is 0 Å². The van der Waals surface area contributed by atoms with Gasteiger partial charge in [0.15, 0.2) is 0 Å². The highest BCUT2D eigenvalue weighted by Crippen LogP contribution is 2.38. The summed E-state index contributed by atoms with van der Waals surface area (Å²) in [4.78, 5) is 10.8. The van der Waals surface area contributed by atoms with Crippen LogP contribution in [-0.2, 0) is 0 Å². The summed E-state index contributed by atoms with van der Waals surface area (Å²) in [5, 5.41) is 18.1. The summed E-state index contributed by atoms with van der Waals surface area (Å²) in [6.07, 6.45) is 4.62. The van der Waals surface area contributed by atoms with Crippen LogP contribution in [0.1, 0.15) is 42.1 Å². The zero-order valence-electron chi connectivity index (χ0n) is 14.7. The maximum atomic E-state index is 13.8. The molecule has 0 bridgehead atoms. The molecular formula is C20H18FN5O. The van der Waals surface area contributed by atoms with E-state index in [1.807, 2.05) is 6.07 Å². The molecule has 0 unspecified atom stereocenters. The van der Waals surface area contributed by atoms with E-state index in [1.54, 1.807) is 6.07 Å². The minimum Gasteiger partial charge on any atom is -0.476 e. The third-order valence-corrected chi connectivity index (χ3v) is 5.02. The Bertz CT molecular complexity index is 944. The van der Waals surface area contributed by atoms with Gasteiger partial charge in [0.25, 0.3) is 0 Å². The first kappa shape index (κ1) is 17.2. The number of rotatable bonds is 5. The molecule has 136 valence electrons. The molecule has 1 aromatic heterocycles. The van der Waals surface area contributed by atoms with Crippen molar-refractivity contribution in [1.29, 1.82) is 10.5 Å². The Balaban J connectivity index is 1.39. The number of halogens is 1. The molecule has 1 atom stereocenters. The molecule has 1 aromatic carbocycles. The van der Waals surface area contributed by atoms with Crippen molar-refractivity contribution in [3.05, 3.63) is 47.2 Å². The van der Waals surface area contributed by atoms with Gasteiger partial charge in [-0.2, -0.15) is 15.5 Å². The van der Waals surface area contributed by atoms with Gasteiger partial charge in [-0.15, -0.1) is 0 Å². The number of benzene rings is 1. The lowest BCUT2D eigenvalue weighted by molar-refractivity contribution is 0.250. The highest BCUT2D eigenvalue weighted by Gasteiger charge is 2.28. The molecule has 27 heavy (non-hydrogen) atoms. The highest BCUT2D eigenvalue weighted by molar-refractivity contribution is 5.51. The van der Waals surface area contributed by atoms with E-state index in [-0.39, 0.29) is 11.5 Å². The van der Waals surface area contributed by atoms with Gasteiger partial charge in [-0.3, -0.25) is 0 Å². The molecule has 1 aliphatic carbocycles. The predicted molar refractivity (Wildman–Crippen MR) is 95.7 cm³/mol. The van der Waals surface area contributed by atoms with Crippen LogP contribution in [0.4, 0.5) is 10.1 Å². The normalized spacial score (nSPS) is 18.8. The number of nitrogens with zero attached hydrogens (tertiary/aromatic N) is 5. The van der Waals surface area contributed by atoms with E-state index in [0.29, 0.717) is 24.0 Å². The average Bonchev–Trinajstić information content (AvgIpc) is 3.44. The van der Waals surface area contributed by atoms with Gasteiger partial charge in [0.05, 0.1) is 18.4 Å². The van der Waals surface area contributed by atoms with Crippen LogP contribution >= 0.6 is 0 Å². The molecule has 2 aliphatic rings. The summed E-state index contributed by atoms with van der Waals surface area (Å²) in [5.74, 6) is 1.27. The quantitative estimate of drug-likeness (QED) is 0.811. The number of hydrogen-bond donors (Lipinski definition) is 0. The van der Waals surface area contributed by atoms with E-state index in [2.05, 4.69) is 20.9 Å². The van der Waals surface area contributed by atoms with E-state index in [1.165, 1.54) is 18.3 Å². The van der Waals surface area contributed by atoms with Crippen LogP contribution < -0.4 is 9.64 Å². The molecule has 1 aliphatic heterocycles. The van der Waals surface area contributed by atoms with E-state index in [4.69, 9.17) is 10.00 Å². The molecule has 7 heteroatoms. The Morgan fingerprint density at radius 3 is 2.70 bits per heavy atom. The molecule has 0 amide bonds. The molecule has 0 N–H and O–H groups in total. The van der Waals surface area contributed by atoms with Crippen molar-refractivity contribution in [2.24, 2.45) is 5.92 Å². The SMILES string of the molecule is N#Cc1ccc(N2CC[C@H](COc3nc(C4CC4)ncc3C#N)C2)cc1F. The second-order valence-corrected chi connectivity index (χ2v) is 7.02. The first-order chi connectivity index (χ1) is 13.2. The third-order valence-electron chi connectivity index (χ3n) is 5.02. The number of ether oxygens (including phenoxy) is 1.